The van der Waals surface area contributed by atoms with Crippen LogP contribution in [0.4, 0.5) is 0 Å². The number of fused-ring (bicyclic) bond motifs is 9. The van der Waals surface area contributed by atoms with E-state index >= 15 is 0 Å². The van der Waals surface area contributed by atoms with Crippen molar-refractivity contribution in [3.05, 3.63) is 62.7 Å². The molecule has 2 saturated heterocycles. The first-order valence-electron chi connectivity index (χ1n) is 18.4. The first-order chi connectivity index (χ1) is 26.3. The maximum absolute atomic E-state index is 14.8. The van der Waals surface area contributed by atoms with Crippen LogP contribution in [0.2, 0.25) is 0 Å². The predicted molar refractivity (Wildman–Crippen MR) is 201 cm³/mol. The van der Waals surface area contributed by atoms with Crippen LogP contribution in [0.3, 0.4) is 0 Å². The minimum absolute atomic E-state index is 0.0142. The van der Waals surface area contributed by atoms with Crippen molar-refractivity contribution in [2.45, 2.75) is 76.5 Å². The Labute approximate surface area is 323 Å². The third-order valence-corrected chi connectivity index (χ3v) is 13.3. The molecule has 5 aliphatic rings. The van der Waals surface area contributed by atoms with E-state index in [1.165, 1.54) is 32.9 Å². The number of phenolic OH excluding ortho intramolecular Hbond substituents is 2. The molecule has 0 amide bonds. The second-order valence-corrected chi connectivity index (χ2v) is 16.0. The molecule has 1 unspecified atom stereocenters. The molecule has 0 radical (unpaired) electrons. The van der Waals surface area contributed by atoms with E-state index in [1.54, 1.807) is 19.1 Å². The third kappa shape index (κ3) is 5.68. The van der Waals surface area contributed by atoms with Crippen LogP contribution in [0.1, 0.15) is 63.5 Å². The number of aliphatic hydroxyl groups is 1. The number of aromatic hydroxyl groups is 2. The molecule has 14 nitrogen and oxygen atoms in total. The first kappa shape index (κ1) is 37.5. The summed E-state index contributed by atoms with van der Waals surface area (Å²) in [5.41, 5.74) is 4.32. The van der Waals surface area contributed by atoms with E-state index in [0.717, 1.165) is 22.3 Å². The molecular formula is C40H47N3O11S. The summed E-state index contributed by atoms with van der Waals surface area (Å²) in [7, 11) is 4.97. The van der Waals surface area contributed by atoms with Gasteiger partial charge in [-0.3, -0.25) is 19.9 Å². The Morgan fingerprint density at radius 2 is 1.75 bits per heavy atom. The number of likely N-dealkylation sites (N-methyl/N-ethyl adjacent to an activating group) is 1. The highest BCUT2D eigenvalue weighted by molar-refractivity contribution is 7.99. The van der Waals surface area contributed by atoms with Gasteiger partial charge in [-0.15, -0.1) is 0 Å². The molecular weight excluding hydrogens is 731 g/mol. The van der Waals surface area contributed by atoms with Crippen molar-refractivity contribution in [2.24, 2.45) is 0 Å². The lowest BCUT2D eigenvalue weighted by Crippen LogP contribution is -2.68. The maximum atomic E-state index is 14.8. The van der Waals surface area contributed by atoms with E-state index in [2.05, 4.69) is 10.2 Å². The zero-order valence-corrected chi connectivity index (χ0v) is 32.8. The molecule has 294 valence electrons. The monoisotopic (exact) mass is 777 g/mol. The molecule has 8 rings (SSSR count). The van der Waals surface area contributed by atoms with Gasteiger partial charge in [-0.1, -0.05) is 6.07 Å². The third-order valence-electron chi connectivity index (χ3n) is 12.1. The topological polar surface area (TPSA) is 169 Å². The molecule has 55 heavy (non-hydrogen) atoms. The number of ether oxygens (including phenoxy) is 6. The summed E-state index contributed by atoms with van der Waals surface area (Å²) >= 11 is 1.53. The standard InChI is InChI=1S/C40H47N3O11S/c1-18-10-23-11-25-38(47)43-26(30-19(2)35(54-21(4)44)20(3)36-37(30)53-17-52-36)14-51-39(48)40(24-13-29(49-6)28(45)12-22(24)8-9-41-40)16-55-15-27(43)32(42(25)5)31(23)33(46)34(18)50-7/h10,12-13,25-27,32,38,41,45-47H,8-9,11,14-17H2,1-7H3/t25-,26+,27?,32+,38+,40-/m1/s1. The molecule has 15 heteroatoms. The Bertz CT molecular complexity index is 2090. The molecule has 5 heterocycles. The summed E-state index contributed by atoms with van der Waals surface area (Å²) in [6, 6.07) is 3.23. The summed E-state index contributed by atoms with van der Waals surface area (Å²) < 4.78 is 35.6. The van der Waals surface area contributed by atoms with E-state index in [9.17, 15) is 24.9 Å². The molecule has 0 aromatic heterocycles. The fraction of sp³-hybridized carbons (Fsp3) is 0.500. The number of benzene rings is 3. The number of hydrogen-bond acceptors (Lipinski definition) is 15. The quantitative estimate of drug-likeness (QED) is 0.224. The van der Waals surface area contributed by atoms with Crippen LogP contribution < -0.4 is 29.0 Å². The number of nitrogens with zero attached hydrogens (tertiary/aromatic N) is 2. The van der Waals surface area contributed by atoms with Gasteiger partial charge in [0.2, 0.25) is 6.79 Å². The summed E-state index contributed by atoms with van der Waals surface area (Å²) in [5.74, 6) is 1.44. The van der Waals surface area contributed by atoms with Crippen LogP contribution in [-0.2, 0) is 32.7 Å². The Morgan fingerprint density at radius 3 is 2.47 bits per heavy atom. The van der Waals surface area contributed by atoms with Crippen molar-refractivity contribution in [3.8, 4) is 40.2 Å². The van der Waals surface area contributed by atoms with Gasteiger partial charge in [-0.2, -0.15) is 11.8 Å². The number of aliphatic hydroxyl groups excluding tert-OH is 1. The number of thioether (sulfide) groups is 1. The molecule has 2 bridgehead atoms. The van der Waals surface area contributed by atoms with Gasteiger partial charge in [0, 0.05) is 53.3 Å². The van der Waals surface area contributed by atoms with E-state index < -0.39 is 47.9 Å². The minimum Gasteiger partial charge on any atom is -0.504 e. The maximum Gasteiger partial charge on any atom is 0.331 e. The number of carbonyl (C=O) groups is 2. The normalized spacial score (nSPS) is 27.4. The second kappa shape index (κ2) is 14.0. The van der Waals surface area contributed by atoms with Gasteiger partial charge in [-0.05, 0) is 75.0 Å². The van der Waals surface area contributed by atoms with Gasteiger partial charge < -0.3 is 43.7 Å². The number of cyclic esters (lactones) is 1. The molecule has 2 fully saturated rings. The lowest BCUT2D eigenvalue weighted by molar-refractivity contribution is -0.178. The van der Waals surface area contributed by atoms with Gasteiger partial charge >= 0.3 is 11.9 Å². The summed E-state index contributed by atoms with van der Waals surface area (Å²) in [6.07, 6.45) is -0.0563. The fourth-order valence-electron chi connectivity index (χ4n) is 9.65. The number of hydrogen-bond donors (Lipinski definition) is 4. The van der Waals surface area contributed by atoms with Crippen LogP contribution in [0.15, 0.2) is 18.2 Å². The number of methoxy groups -OCH3 is 2. The average molecular weight is 778 g/mol. The van der Waals surface area contributed by atoms with Crippen LogP contribution >= 0.6 is 11.8 Å². The van der Waals surface area contributed by atoms with Crippen molar-refractivity contribution in [1.29, 1.82) is 0 Å². The predicted octanol–water partition coefficient (Wildman–Crippen LogP) is 3.67. The second-order valence-electron chi connectivity index (χ2n) is 15.0. The highest BCUT2D eigenvalue weighted by Gasteiger charge is 2.56. The fourth-order valence-corrected chi connectivity index (χ4v) is 11.0. The Hall–Kier alpha value is -4.41. The zero-order chi connectivity index (χ0) is 39.1. The van der Waals surface area contributed by atoms with Gasteiger partial charge in [0.15, 0.2) is 40.0 Å². The largest absolute Gasteiger partial charge is 0.504 e. The highest BCUT2D eigenvalue weighted by atomic mass is 32.2. The van der Waals surface area contributed by atoms with Gasteiger partial charge in [-0.25, -0.2) is 4.79 Å². The number of phenols is 2. The van der Waals surface area contributed by atoms with Crippen LogP contribution in [-0.4, -0.2) is 108 Å². The van der Waals surface area contributed by atoms with E-state index in [0.29, 0.717) is 70.4 Å². The van der Waals surface area contributed by atoms with Crippen molar-refractivity contribution >= 4 is 23.7 Å². The number of aryl methyl sites for hydroxylation is 1. The Morgan fingerprint density at radius 1 is 0.982 bits per heavy atom. The number of rotatable bonds is 4. The number of nitrogens with one attached hydrogen (secondary N) is 1. The summed E-state index contributed by atoms with van der Waals surface area (Å²) in [5, 5.41) is 38.7. The van der Waals surface area contributed by atoms with Gasteiger partial charge in [0.1, 0.15) is 18.6 Å². The molecule has 3 aromatic rings. The van der Waals surface area contributed by atoms with Gasteiger partial charge in [0.05, 0.1) is 32.3 Å². The number of piperazine rings is 1. The Kier molecular flexibility index (Phi) is 9.52. The van der Waals surface area contributed by atoms with Crippen LogP contribution in [0, 0.1) is 20.8 Å². The van der Waals surface area contributed by atoms with Crippen LogP contribution in [0.5, 0.6) is 40.2 Å². The summed E-state index contributed by atoms with van der Waals surface area (Å²) in [6.45, 7) is 7.01. The molecule has 4 N–H and O–H groups in total. The van der Waals surface area contributed by atoms with Crippen molar-refractivity contribution in [2.75, 3.05) is 52.7 Å². The van der Waals surface area contributed by atoms with Crippen molar-refractivity contribution in [3.63, 3.8) is 0 Å². The van der Waals surface area contributed by atoms with Crippen molar-refractivity contribution in [1.82, 2.24) is 15.1 Å². The smallest absolute Gasteiger partial charge is 0.331 e. The lowest BCUT2D eigenvalue weighted by Gasteiger charge is -2.58. The molecule has 0 saturated carbocycles. The molecule has 3 aromatic carbocycles. The number of esters is 2. The van der Waals surface area contributed by atoms with Crippen molar-refractivity contribution < 1.29 is 53.3 Å². The van der Waals surface area contributed by atoms with Gasteiger partial charge in [0.25, 0.3) is 0 Å². The lowest BCUT2D eigenvalue weighted by atomic mass is 9.78. The SMILES string of the molecule is COc1cc2c(cc1O)CCN[C@]21CSCC2[C@H]3c4c(cc(C)c(OC)c4O)C[C@H]([C@H](O)N2[C@H](c2c(C)c(OC(C)=O)c(C)c4c2OCO4)COC1=O)N3C. The highest BCUT2D eigenvalue weighted by Crippen LogP contribution is 2.55. The van der Waals surface area contributed by atoms with E-state index in [4.69, 9.17) is 28.4 Å². The molecule has 5 aliphatic heterocycles. The average Bonchev–Trinajstić information content (AvgIpc) is 3.63. The molecule has 1 spiro atoms. The molecule has 0 aliphatic carbocycles. The van der Waals surface area contributed by atoms with Crippen LogP contribution in [0.25, 0.3) is 0 Å². The zero-order valence-electron chi connectivity index (χ0n) is 32.0. The summed E-state index contributed by atoms with van der Waals surface area (Å²) in [4.78, 5) is 31.3. The van der Waals surface area contributed by atoms with E-state index in [1.807, 2.05) is 31.9 Å². The van der Waals surface area contributed by atoms with E-state index in [-0.39, 0.29) is 36.4 Å². The Balaban J connectivity index is 1.34. The number of carbonyl (C=O) groups excluding carboxylic acids is 2. The first-order valence-corrected chi connectivity index (χ1v) is 19.6. The minimum atomic E-state index is -1.31. The molecule has 6 atom stereocenters.